The van der Waals surface area contributed by atoms with E-state index in [1.807, 2.05) is 24.3 Å². The van der Waals surface area contributed by atoms with E-state index in [-0.39, 0.29) is 6.10 Å². The van der Waals surface area contributed by atoms with E-state index in [4.69, 9.17) is 14.2 Å². The van der Waals surface area contributed by atoms with Gasteiger partial charge in [-0.25, -0.2) is 4.98 Å². The van der Waals surface area contributed by atoms with Gasteiger partial charge in [-0.1, -0.05) is 6.42 Å². The summed E-state index contributed by atoms with van der Waals surface area (Å²) in [5, 5.41) is 3.14. The molecule has 0 N–H and O–H groups in total. The second-order valence-corrected chi connectivity index (χ2v) is 8.08. The summed E-state index contributed by atoms with van der Waals surface area (Å²) in [6, 6.07) is 7.88. The molecule has 2 saturated heterocycles. The third kappa shape index (κ3) is 5.43. The van der Waals surface area contributed by atoms with Crippen molar-refractivity contribution in [3.05, 3.63) is 40.3 Å². The van der Waals surface area contributed by atoms with Gasteiger partial charge in [0.05, 0.1) is 5.69 Å². The first-order chi connectivity index (χ1) is 13.4. The van der Waals surface area contributed by atoms with Crippen LogP contribution < -0.4 is 9.47 Å². The standard InChI is InChI=1S/C21H28N2O3S/c1-2-10-23(11-3-1)12-14-24-18-6-8-19(9-7-18)26-15-17-16-27-21(22-17)20-5-4-13-25-20/h6-9,16,20H,1-5,10-15H2. The van der Waals surface area contributed by atoms with Crippen LogP contribution >= 0.6 is 11.3 Å². The van der Waals surface area contributed by atoms with E-state index in [1.54, 1.807) is 11.3 Å². The van der Waals surface area contributed by atoms with E-state index >= 15 is 0 Å². The van der Waals surface area contributed by atoms with Crippen LogP contribution in [0.3, 0.4) is 0 Å². The number of hydrogen-bond acceptors (Lipinski definition) is 6. The van der Waals surface area contributed by atoms with Crippen LogP contribution in [0, 0.1) is 0 Å². The zero-order chi connectivity index (χ0) is 18.3. The van der Waals surface area contributed by atoms with Gasteiger partial charge in [-0.2, -0.15) is 0 Å². The van der Waals surface area contributed by atoms with Gasteiger partial charge in [0.15, 0.2) is 0 Å². The number of rotatable bonds is 8. The zero-order valence-corrected chi connectivity index (χ0v) is 16.6. The Morgan fingerprint density at radius 2 is 1.81 bits per heavy atom. The number of piperidine rings is 1. The van der Waals surface area contributed by atoms with E-state index in [2.05, 4.69) is 15.3 Å². The molecule has 27 heavy (non-hydrogen) atoms. The van der Waals surface area contributed by atoms with Crippen molar-refractivity contribution in [2.45, 2.75) is 44.8 Å². The minimum Gasteiger partial charge on any atom is -0.492 e. The molecular weight excluding hydrogens is 360 g/mol. The fraction of sp³-hybridized carbons (Fsp3) is 0.571. The van der Waals surface area contributed by atoms with Crippen LogP contribution in [-0.4, -0.2) is 42.7 Å². The second-order valence-electron chi connectivity index (χ2n) is 7.19. The molecule has 3 heterocycles. The largest absolute Gasteiger partial charge is 0.492 e. The molecule has 146 valence electrons. The number of hydrogen-bond donors (Lipinski definition) is 0. The minimum absolute atomic E-state index is 0.185. The van der Waals surface area contributed by atoms with Crippen molar-refractivity contribution >= 4 is 11.3 Å². The molecule has 2 fully saturated rings. The van der Waals surface area contributed by atoms with E-state index in [9.17, 15) is 0 Å². The topological polar surface area (TPSA) is 43.8 Å². The van der Waals surface area contributed by atoms with Gasteiger partial charge in [-0.3, -0.25) is 4.90 Å². The van der Waals surface area contributed by atoms with Crippen LogP contribution in [0.5, 0.6) is 11.5 Å². The Kier molecular flexibility index (Phi) is 6.61. The van der Waals surface area contributed by atoms with E-state index in [0.717, 1.165) is 54.8 Å². The second kappa shape index (κ2) is 9.53. The Morgan fingerprint density at radius 1 is 1.04 bits per heavy atom. The highest BCUT2D eigenvalue weighted by Gasteiger charge is 2.20. The van der Waals surface area contributed by atoms with Gasteiger partial charge in [0.2, 0.25) is 0 Å². The lowest BCUT2D eigenvalue weighted by molar-refractivity contribution is 0.111. The minimum atomic E-state index is 0.185. The molecule has 2 aliphatic heterocycles. The van der Waals surface area contributed by atoms with Gasteiger partial charge in [-0.15, -0.1) is 11.3 Å². The van der Waals surface area contributed by atoms with E-state index < -0.39 is 0 Å². The lowest BCUT2D eigenvalue weighted by atomic mass is 10.1. The Labute approximate surface area is 165 Å². The summed E-state index contributed by atoms with van der Waals surface area (Å²) < 4.78 is 17.4. The summed E-state index contributed by atoms with van der Waals surface area (Å²) >= 11 is 1.67. The monoisotopic (exact) mass is 388 g/mol. The lowest BCUT2D eigenvalue weighted by Crippen LogP contribution is -2.33. The molecule has 1 aromatic carbocycles. The summed E-state index contributed by atoms with van der Waals surface area (Å²) in [6.45, 7) is 5.50. The van der Waals surface area contributed by atoms with Gasteiger partial charge < -0.3 is 14.2 Å². The zero-order valence-electron chi connectivity index (χ0n) is 15.8. The first kappa shape index (κ1) is 18.7. The molecule has 0 amide bonds. The highest BCUT2D eigenvalue weighted by atomic mass is 32.1. The van der Waals surface area contributed by atoms with Crippen LogP contribution in [0.2, 0.25) is 0 Å². The number of aromatic nitrogens is 1. The van der Waals surface area contributed by atoms with Crippen LogP contribution in [0.4, 0.5) is 0 Å². The Balaban J connectivity index is 1.19. The van der Waals surface area contributed by atoms with Crippen molar-refractivity contribution in [2.75, 3.05) is 32.8 Å². The van der Waals surface area contributed by atoms with Crippen molar-refractivity contribution in [3.8, 4) is 11.5 Å². The first-order valence-electron chi connectivity index (χ1n) is 10.0. The van der Waals surface area contributed by atoms with E-state index in [0.29, 0.717) is 6.61 Å². The molecule has 0 saturated carbocycles. The van der Waals surface area contributed by atoms with Gasteiger partial charge in [0, 0.05) is 18.5 Å². The molecule has 0 radical (unpaired) electrons. The third-order valence-corrected chi connectivity index (χ3v) is 6.10. The van der Waals surface area contributed by atoms with Crippen molar-refractivity contribution in [1.29, 1.82) is 0 Å². The van der Waals surface area contributed by atoms with Crippen LogP contribution in [-0.2, 0) is 11.3 Å². The van der Waals surface area contributed by atoms with Gasteiger partial charge >= 0.3 is 0 Å². The highest BCUT2D eigenvalue weighted by Crippen LogP contribution is 2.30. The Hall–Kier alpha value is -1.63. The summed E-state index contributed by atoms with van der Waals surface area (Å²) in [4.78, 5) is 7.13. The molecule has 2 aromatic rings. The van der Waals surface area contributed by atoms with Crippen molar-refractivity contribution in [3.63, 3.8) is 0 Å². The summed E-state index contributed by atoms with van der Waals surface area (Å²) in [6.07, 6.45) is 6.40. The quantitative estimate of drug-likeness (QED) is 0.669. The Morgan fingerprint density at radius 3 is 2.56 bits per heavy atom. The number of nitrogens with zero attached hydrogens (tertiary/aromatic N) is 2. The third-order valence-electron chi connectivity index (χ3n) is 5.11. The van der Waals surface area contributed by atoms with Gasteiger partial charge in [0.25, 0.3) is 0 Å². The molecule has 0 spiro atoms. The van der Waals surface area contributed by atoms with Gasteiger partial charge in [-0.05, 0) is 63.0 Å². The maximum atomic E-state index is 5.87. The van der Waals surface area contributed by atoms with Crippen molar-refractivity contribution < 1.29 is 14.2 Å². The predicted octanol–water partition coefficient (Wildman–Crippen LogP) is 4.44. The highest BCUT2D eigenvalue weighted by molar-refractivity contribution is 7.09. The predicted molar refractivity (Wildman–Crippen MR) is 107 cm³/mol. The Bertz CT molecular complexity index is 692. The van der Waals surface area contributed by atoms with Crippen LogP contribution in [0.1, 0.15) is 48.9 Å². The molecule has 1 atom stereocenters. The van der Waals surface area contributed by atoms with Gasteiger partial charge in [0.1, 0.15) is 35.8 Å². The molecule has 0 aliphatic carbocycles. The molecule has 6 heteroatoms. The smallest absolute Gasteiger partial charge is 0.131 e. The lowest BCUT2D eigenvalue weighted by Gasteiger charge is -2.26. The normalized spacial score (nSPS) is 20.7. The van der Waals surface area contributed by atoms with Crippen LogP contribution in [0.25, 0.3) is 0 Å². The fourth-order valence-electron chi connectivity index (χ4n) is 3.57. The maximum Gasteiger partial charge on any atom is 0.131 e. The molecule has 4 rings (SSSR count). The number of likely N-dealkylation sites (tertiary alicyclic amines) is 1. The number of ether oxygens (including phenoxy) is 3. The van der Waals surface area contributed by atoms with E-state index in [1.165, 1.54) is 32.4 Å². The molecule has 1 unspecified atom stereocenters. The molecule has 5 nitrogen and oxygen atoms in total. The number of thiazole rings is 1. The summed E-state index contributed by atoms with van der Waals surface area (Å²) in [5.41, 5.74) is 0.965. The molecular formula is C21H28N2O3S. The number of benzene rings is 1. The molecule has 2 aliphatic rings. The average molecular weight is 389 g/mol. The van der Waals surface area contributed by atoms with Crippen molar-refractivity contribution in [1.82, 2.24) is 9.88 Å². The molecule has 0 bridgehead atoms. The molecule has 1 aromatic heterocycles. The summed E-state index contributed by atoms with van der Waals surface area (Å²) in [5.74, 6) is 1.73. The summed E-state index contributed by atoms with van der Waals surface area (Å²) in [7, 11) is 0. The van der Waals surface area contributed by atoms with Crippen LogP contribution in [0.15, 0.2) is 29.6 Å². The average Bonchev–Trinajstić information content (AvgIpc) is 3.40. The fourth-order valence-corrected chi connectivity index (χ4v) is 4.46. The first-order valence-corrected chi connectivity index (χ1v) is 10.9. The van der Waals surface area contributed by atoms with Crippen molar-refractivity contribution in [2.24, 2.45) is 0 Å². The SMILES string of the molecule is c1cc(OCc2csc(C3CCCO3)n2)ccc1OCCN1CCCCC1. The maximum absolute atomic E-state index is 5.87.